The summed E-state index contributed by atoms with van der Waals surface area (Å²) in [6.07, 6.45) is 21.2. The average Bonchev–Trinajstić information content (AvgIpc) is 3.02. The van der Waals surface area contributed by atoms with Crippen molar-refractivity contribution in [2.45, 2.75) is 97.1 Å². The Bertz CT molecular complexity index is 324. The predicted molar refractivity (Wildman–Crippen MR) is 94.1 cm³/mol. The summed E-state index contributed by atoms with van der Waals surface area (Å²) >= 11 is 0. The molecule has 1 heterocycles. The van der Waals surface area contributed by atoms with E-state index in [9.17, 15) is 0 Å². The van der Waals surface area contributed by atoms with E-state index in [1.807, 2.05) is 18.7 Å². The molecule has 128 valence electrons. The van der Waals surface area contributed by atoms with Gasteiger partial charge in [0.15, 0.2) is 0 Å². The molecule has 0 aliphatic heterocycles. The van der Waals surface area contributed by atoms with Crippen LogP contribution in [0.1, 0.15) is 84.5 Å². The minimum atomic E-state index is 0.341. The van der Waals surface area contributed by atoms with Crippen LogP contribution >= 0.6 is 0 Å². The molecule has 0 aliphatic rings. The van der Waals surface area contributed by atoms with E-state index < -0.39 is 0 Å². The zero-order chi connectivity index (χ0) is 15.9. The van der Waals surface area contributed by atoms with Crippen molar-refractivity contribution in [2.24, 2.45) is 0 Å². The van der Waals surface area contributed by atoms with Gasteiger partial charge < -0.3 is 9.30 Å². The number of unbranched alkanes of at least 4 members (excludes halogenated alkanes) is 9. The molecule has 0 aromatic carbocycles. The van der Waals surface area contributed by atoms with Crippen molar-refractivity contribution in [3.05, 3.63) is 18.7 Å². The molecule has 0 bridgehead atoms. The standard InChI is InChI=1S/C19H36N2O/c1-3-5-6-7-8-9-10-11-12-13-14-19(22-4-2)17-21-16-15-20-18-21/h15-16,18-19H,3-14,17H2,1-2H3. The van der Waals surface area contributed by atoms with E-state index in [1.165, 1.54) is 70.6 Å². The molecule has 1 rings (SSSR count). The second-order valence-electron chi connectivity index (χ2n) is 6.31. The van der Waals surface area contributed by atoms with Gasteiger partial charge in [0, 0.05) is 25.5 Å². The summed E-state index contributed by atoms with van der Waals surface area (Å²) in [5.41, 5.74) is 0. The van der Waals surface area contributed by atoms with Gasteiger partial charge >= 0.3 is 0 Å². The zero-order valence-corrected chi connectivity index (χ0v) is 14.8. The number of nitrogens with zero attached hydrogens (tertiary/aromatic N) is 2. The topological polar surface area (TPSA) is 27.1 Å². The van der Waals surface area contributed by atoms with E-state index in [2.05, 4.69) is 23.4 Å². The Morgan fingerprint density at radius 3 is 2.09 bits per heavy atom. The molecule has 0 amide bonds. The van der Waals surface area contributed by atoms with Crippen LogP contribution < -0.4 is 0 Å². The monoisotopic (exact) mass is 308 g/mol. The Morgan fingerprint density at radius 2 is 1.55 bits per heavy atom. The lowest BCUT2D eigenvalue weighted by atomic mass is 10.0. The fourth-order valence-electron chi connectivity index (χ4n) is 2.95. The van der Waals surface area contributed by atoms with Crippen molar-refractivity contribution in [1.29, 1.82) is 0 Å². The molecule has 0 N–H and O–H groups in total. The first-order valence-corrected chi connectivity index (χ1v) is 9.44. The second kappa shape index (κ2) is 13.8. The number of hydrogen-bond donors (Lipinski definition) is 0. The number of rotatable bonds is 15. The Labute approximate surface area is 137 Å². The molecule has 1 atom stereocenters. The van der Waals surface area contributed by atoms with Gasteiger partial charge in [-0.05, 0) is 13.3 Å². The Balaban J connectivity index is 1.96. The van der Waals surface area contributed by atoms with Crippen molar-refractivity contribution in [1.82, 2.24) is 9.55 Å². The third kappa shape index (κ3) is 9.99. The third-order valence-electron chi connectivity index (χ3n) is 4.26. The lowest BCUT2D eigenvalue weighted by Crippen LogP contribution is -2.19. The molecule has 3 nitrogen and oxygen atoms in total. The van der Waals surface area contributed by atoms with Gasteiger partial charge in [0.1, 0.15) is 0 Å². The van der Waals surface area contributed by atoms with Crippen LogP contribution in [0.2, 0.25) is 0 Å². The SMILES string of the molecule is CCCCCCCCCCCCC(Cn1ccnc1)OCC. The predicted octanol–water partition coefficient (Wildman–Crippen LogP) is 5.60. The lowest BCUT2D eigenvalue weighted by molar-refractivity contribution is 0.0426. The van der Waals surface area contributed by atoms with Crippen LogP contribution in [0.3, 0.4) is 0 Å². The molecule has 0 aliphatic carbocycles. The largest absolute Gasteiger partial charge is 0.377 e. The molecule has 0 saturated heterocycles. The molecule has 3 heteroatoms. The lowest BCUT2D eigenvalue weighted by Gasteiger charge is -2.17. The highest BCUT2D eigenvalue weighted by atomic mass is 16.5. The quantitative estimate of drug-likeness (QED) is 0.394. The number of ether oxygens (including phenoxy) is 1. The van der Waals surface area contributed by atoms with Crippen molar-refractivity contribution in [2.75, 3.05) is 6.61 Å². The zero-order valence-electron chi connectivity index (χ0n) is 14.8. The fraction of sp³-hybridized carbons (Fsp3) is 0.842. The summed E-state index contributed by atoms with van der Waals surface area (Å²) in [5, 5.41) is 0. The average molecular weight is 309 g/mol. The van der Waals surface area contributed by atoms with Crippen molar-refractivity contribution in [3.8, 4) is 0 Å². The highest BCUT2D eigenvalue weighted by Gasteiger charge is 2.08. The van der Waals surface area contributed by atoms with E-state index in [0.29, 0.717) is 6.10 Å². The van der Waals surface area contributed by atoms with Gasteiger partial charge in [0.05, 0.1) is 12.4 Å². The van der Waals surface area contributed by atoms with E-state index in [1.54, 1.807) is 0 Å². The van der Waals surface area contributed by atoms with Crippen LogP contribution in [0.5, 0.6) is 0 Å². The molecular formula is C19H36N2O. The first kappa shape index (κ1) is 19.2. The van der Waals surface area contributed by atoms with Crippen molar-refractivity contribution >= 4 is 0 Å². The van der Waals surface area contributed by atoms with E-state index >= 15 is 0 Å². The number of imidazole rings is 1. The molecule has 1 aromatic rings. The Kier molecular flexibility index (Phi) is 12.1. The fourth-order valence-corrected chi connectivity index (χ4v) is 2.95. The van der Waals surface area contributed by atoms with Crippen LogP contribution in [0.15, 0.2) is 18.7 Å². The van der Waals surface area contributed by atoms with Gasteiger partial charge in [-0.2, -0.15) is 0 Å². The summed E-state index contributed by atoms with van der Waals surface area (Å²) in [7, 11) is 0. The maximum absolute atomic E-state index is 5.85. The van der Waals surface area contributed by atoms with Crippen LogP contribution in [0.25, 0.3) is 0 Å². The maximum Gasteiger partial charge on any atom is 0.0946 e. The molecule has 0 radical (unpaired) electrons. The summed E-state index contributed by atoms with van der Waals surface area (Å²) < 4.78 is 7.97. The number of aromatic nitrogens is 2. The molecule has 0 saturated carbocycles. The summed E-state index contributed by atoms with van der Waals surface area (Å²) in [6, 6.07) is 0. The van der Waals surface area contributed by atoms with Gasteiger partial charge in [0.25, 0.3) is 0 Å². The molecular weight excluding hydrogens is 272 g/mol. The van der Waals surface area contributed by atoms with E-state index in [0.717, 1.165) is 13.2 Å². The Hall–Kier alpha value is -0.830. The van der Waals surface area contributed by atoms with Crippen LogP contribution in [0.4, 0.5) is 0 Å². The van der Waals surface area contributed by atoms with Crippen molar-refractivity contribution in [3.63, 3.8) is 0 Å². The first-order chi connectivity index (χ1) is 10.9. The Morgan fingerprint density at radius 1 is 0.909 bits per heavy atom. The molecule has 1 unspecified atom stereocenters. The van der Waals surface area contributed by atoms with Crippen LogP contribution in [0, 0.1) is 0 Å². The highest BCUT2D eigenvalue weighted by Crippen LogP contribution is 2.13. The van der Waals surface area contributed by atoms with Gasteiger partial charge in [-0.3, -0.25) is 0 Å². The number of hydrogen-bond acceptors (Lipinski definition) is 2. The minimum Gasteiger partial charge on any atom is -0.377 e. The molecule has 0 fully saturated rings. The summed E-state index contributed by atoms with van der Waals surface area (Å²) in [6.45, 7) is 6.10. The molecule has 1 aromatic heterocycles. The smallest absolute Gasteiger partial charge is 0.0946 e. The highest BCUT2D eigenvalue weighted by molar-refractivity contribution is 4.76. The maximum atomic E-state index is 5.85. The van der Waals surface area contributed by atoms with Crippen LogP contribution in [-0.2, 0) is 11.3 Å². The molecule has 0 spiro atoms. The van der Waals surface area contributed by atoms with Gasteiger partial charge in [-0.25, -0.2) is 4.98 Å². The van der Waals surface area contributed by atoms with Crippen LogP contribution in [-0.4, -0.2) is 22.3 Å². The van der Waals surface area contributed by atoms with E-state index in [-0.39, 0.29) is 0 Å². The van der Waals surface area contributed by atoms with Gasteiger partial charge in [-0.1, -0.05) is 71.1 Å². The molecule has 22 heavy (non-hydrogen) atoms. The normalized spacial score (nSPS) is 12.6. The van der Waals surface area contributed by atoms with Gasteiger partial charge in [0.2, 0.25) is 0 Å². The summed E-state index contributed by atoms with van der Waals surface area (Å²) in [5.74, 6) is 0. The van der Waals surface area contributed by atoms with Gasteiger partial charge in [-0.15, -0.1) is 0 Å². The third-order valence-corrected chi connectivity index (χ3v) is 4.26. The first-order valence-electron chi connectivity index (χ1n) is 9.44. The second-order valence-corrected chi connectivity index (χ2v) is 6.31. The van der Waals surface area contributed by atoms with E-state index in [4.69, 9.17) is 4.74 Å². The summed E-state index contributed by atoms with van der Waals surface area (Å²) in [4.78, 5) is 4.10. The minimum absolute atomic E-state index is 0.341. The van der Waals surface area contributed by atoms with Crippen molar-refractivity contribution < 1.29 is 4.74 Å².